The van der Waals surface area contributed by atoms with E-state index in [1.54, 1.807) is 0 Å². The van der Waals surface area contributed by atoms with E-state index < -0.39 is 34.4 Å². The highest BCUT2D eigenvalue weighted by Gasteiger charge is 2.49. The van der Waals surface area contributed by atoms with Crippen LogP contribution in [0.25, 0.3) is 0 Å². The summed E-state index contributed by atoms with van der Waals surface area (Å²) in [5, 5.41) is 0.592. The molecule has 23 heavy (non-hydrogen) atoms. The Morgan fingerprint density at radius 1 is 1.35 bits per heavy atom. The third kappa shape index (κ3) is 3.55. The maximum absolute atomic E-state index is 12.2. The Balaban J connectivity index is 1.60. The quantitative estimate of drug-likeness (QED) is 0.467. The lowest BCUT2D eigenvalue weighted by molar-refractivity contribution is -0.143. The first kappa shape index (κ1) is 16.4. The molecule has 3 heterocycles. The number of carbonyl (C=O) groups excluding carboxylic acids is 2. The van der Waals surface area contributed by atoms with Crippen molar-refractivity contribution in [3.8, 4) is 0 Å². The van der Waals surface area contributed by atoms with E-state index in [1.807, 2.05) is 0 Å². The summed E-state index contributed by atoms with van der Waals surface area (Å²) in [6, 6.07) is -2.09. The molecule has 3 atom stereocenters. The van der Waals surface area contributed by atoms with E-state index in [2.05, 4.69) is 9.76 Å². The number of piperidine rings is 1. The van der Waals surface area contributed by atoms with E-state index in [0.717, 1.165) is 0 Å². The lowest BCUT2D eigenvalue weighted by Crippen LogP contribution is -2.50. The van der Waals surface area contributed by atoms with Crippen molar-refractivity contribution >= 4 is 22.3 Å². The summed E-state index contributed by atoms with van der Waals surface area (Å²) in [6.45, 7) is 1.10. The van der Waals surface area contributed by atoms with Crippen molar-refractivity contribution in [2.24, 2.45) is 0 Å². The van der Waals surface area contributed by atoms with Gasteiger partial charge in [-0.1, -0.05) is 0 Å². The normalized spacial score (nSPS) is 30.8. The maximum Gasteiger partial charge on any atom is 0.418 e. The number of nitrogens with zero attached hydrogens (tertiary/aromatic N) is 2. The third-order valence-electron chi connectivity index (χ3n) is 4.01. The minimum Gasteiger partial charge on any atom is -0.379 e. The second kappa shape index (κ2) is 6.20. The highest BCUT2D eigenvalue weighted by molar-refractivity contribution is 7.80. The van der Waals surface area contributed by atoms with Crippen LogP contribution in [0.2, 0.25) is 0 Å². The number of nitrogens with one attached hydrogen (secondary N) is 1. The molecule has 0 radical (unpaired) electrons. The standard InChI is InChI=1S/C11H17N3O8S/c15-10(12-21-8-3-4-20-6-8)9-2-1-7-5-13(9)11(16)14(7)22-23(17,18)19/h7-9H,1-6H2,(H,12,15)(H,17,18,19)/t7-,8?,9+/m1/s1. The number of urea groups is 1. The van der Waals surface area contributed by atoms with Crippen LogP contribution in [0.5, 0.6) is 0 Å². The summed E-state index contributed by atoms with van der Waals surface area (Å²) in [4.78, 5) is 30.8. The van der Waals surface area contributed by atoms with E-state index in [1.165, 1.54) is 4.90 Å². The first-order chi connectivity index (χ1) is 10.8. The second-order valence-electron chi connectivity index (χ2n) is 5.58. The Labute approximate surface area is 132 Å². The maximum atomic E-state index is 12.2. The molecule has 130 valence electrons. The van der Waals surface area contributed by atoms with E-state index in [9.17, 15) is 18.0 Å². The average molecular weight is 351 g/mol. The number of hydrogen-bond donors (Lipinski definition) is 2. The van der Waals surface area contributed by atoms with Crippen molar-refractivity contribution in [1.82, 2.24) is 15.4 Å². The largest absolute Gasteiger partial charge is 0.418 e. The molecule has 3 fully saturated rings. The number of fused-ring (bicyclic) bond motifs is 2. The van der Waals surface area contributed by atoms with Gasteiger partial charge < -0.3 is 9.64 Å². The van der Waals surface area contributed by atoms with Crippen molar-refractivity contribution in [2.45, 2.75) is 37.5 Å². The number of hydrogen-bond acceptors (Lipinski definition) is 7. The van der Waals surface area contributed by atoms with E-state index >= 15 is 0 Å². The van der Waals surface area contributed by atoms with Gasteiger partial charge in [-0.3, -0.25) is 14.2 Å². The van der Waals surface area contributed by atoms with Crippen LogP contribution in [-0.2, 0) is 29.1 Å². The summed E-state index contributed by atoms with van der Waals surface area (Å²) in [5.74, 6) is -0.489. The minimum atomic E-state index is -4.80. The Morgan fingerprint density at radius 3 is 2.78 bits per heavy atom. The van der Waals surface area contributed by atoms with Gasteiger partial charge in [0.05, 0.1) is 12.6 Å². The van der Waals surface area contributed by atoms with Gasteiger partial charge in [0, 0.05) is 19.6 Å². The summed E-state index contributed by atoms with van der Waals surface area (Å²) in [7, 11) is -4.80. The molecule has 3 saturated heterocycles. The van der Waals surface area contributed by atoms with Crippen molar-refractivity contribution in [3.05, 3.63) is 0 Å². The van der Waals surface area contributed by atoms with Gasteiger partial charge >= 0.3 is 16.4 Å². The van der Waals surface area contributed by atoms with Crippen LogP contribution < -0.4 is 5.48 Å². The monoisotopic (exact) mass is 351 g/mol. The van der Waals surface area contributed by atoms with E-state index in [-0.39, 0.29) is 12.6 Å². The molecule has 0 aromatic carbocycles. The predicted molar refractivity (Wildman–Crippen MR) is 71.8 cm³/mol. The van der Waals surface area contributed by atoms with Gasteiger partial charge in [0.2, 0.25) is 0 Å². The fraction of sp³-hybridized carbons (Fsp3) is 0.818. The van der Waals surface area contributed by atoms with Gasteiger partial charge in [0.25, 0.3) is 5.91 Å². The number of rotatable bonds is 5. The van der Waals surface area contributed by atoms with Crippen LogP contribution in [0.4, 0.5) is 4.79 Å². The smallest absolute Gasteiger partial charge is 0.379 e. The lowest BCUT2D eigenvalue weighted by atomic mass is 10.0. The first-order valence-electron chi connectivity index (χ1n) is 7.15. The highest BCUT2D eigenvalue weighted by atomic mass is 32.3. The van der Waals surface area contributed by atoms with Gasteiger partial charge in [0.1, 0.15) is 12.1 Å². The van der Waals surface area contributed by atoms with Gasteiger partial charge in [-0.25, -0.2) is 10.3 Å². The molecule has 1 unspecified atom stereocenters. The molecular formula is C11H17N3O8S. The van der Waals surface area contributed by atoms with Crippen LogP contribution >= 0.6 is 0 Å². The van der Waals surface area contributed by atoms with Crippen LogP contribution in [0.3, 0.4) is 0 Å². The molecule has 0 saturated carbocycles. The van der Waals surface area contributed by atoms with Gasteiger partial charge in [-0.15, -0.1) is 4.28 Å². The first-order valence-corrected chi connectivity index (χ1v) is 8.52. The van der Waals surface area contributed by atoms with Gasteiger partial charge in [-0.2, -0.15) is 13.5 Å². The summed E-state index contributed by atoms with van der Waals surface area (Å²) < 4.78 is 39.7. The summed E-state index contributed by atoms with van der Waals surface area (Å²) in [6.07, 6.45) is 1.15. The zero-order valence-electron chi connectivity index (χ0n) is 12.1. The molecule has 3 amide bonds. The third-order valence-corrected chi connectivity index (χ3v) is 4.36. The molecule has 3 aliphatic heterocycles. The molecule has 0 spiro atoms. The highest BCUT2D eigenvalue weighted by Crippen LogP contribution is 2.30. The molecule has 2 bridgehead atoms. The molecule has 3 rings (SSSR count). The number of carbonyl (C=O) groups is 2. The number of amides is 3. The summed E-state index contributed by atoms with van der Waals surface area (Å²) in [5.41, 5.74) is 2.32. The molecule has 2 N–H and O–H groups in total. The topological polar surface area (TPSA) is 135 Å². The fourth-order valence-corrected chi connectivity index (χ4v) is 3.31. The molecule has 0 aromatic rings. The van der Waals surface area contributed by atoms with Crippen LogP contribution in [-0.4, -0.2) is 72.8 Å². The molecule has 12 heteroatoms. The van der Waals surface area contributed by atoms with Crippen LogP contribution in [0, 0.1) is 0 Å². The SMILES string of the molecule is O=C(NOC1CCOC1)[C@@H]1CC[C@@H]2CN1C(=O)N2OS(=O)(=O)O. The van der Waals surface area contributed by atoms with Gasteiger partial charge in [-0.05, 0) is 12.8 Å². The molecule has 0 aliphatic carbocycles. The number of hydroxylamine groups is 3. The average Bonchev–Trinajstić information content (AvgIpc) is 3.08. The molecule has 3 aliphatic rings. The van der Waals surface area contributed by atoms with Crippen molar-refractivity contribution in [1.29, 1.82) is 0 Å². The minimum absolute atomic E-state index is 0.138. The van der Waals surface area contributed by atoms with E-state index in [0.29, 0.717) is 37.5 Å². The molecular weight excluding hydrogens is 334 g/mol. The fourth-order valence-electron chi connectivity index (χ4n) is 2.92. The number of ether oxygens (including phenoxy) is 1. The molecule has 0 aromatic heterocycles. The molecule has 11 nitrogen and oxygen atoms in total. The lowest BCUT2D eigenvalue weighted by Gasteiger charge is -2.29. The Bertz CT molecular complexity index is 590. The van der Waals surface area contributed by atoms with E-state index in [4.69, 9.17) is 14.1 Å². The van der Waals surface area contributed by atoms with Crippen LogP contribution in [0.15, 0.2) is 0 Å². The predicted octanol–water partition coefficient (Wildman–Crippen LogP) is -1.17. The van der Waals surface area contributed by atoms with Crippen molar-refractivity contribution in [3.63, 3.8) is 0 Å². The zero-order chi connectivity index (χ0) is 16.6. The Hall–Kier alpha value is -1.47. The van der Waals surface area contributed by atoms with Crippen molar-refractivity contribution < 1.29 is 36.4 Å². The van der Waals surface area contributed by atoms with Crippen LogP contribution in [0.1, 0.15) is 19.3 Å². The second-order valence-corrected chi connectivity index (χ2v) is 6.58. The van der Waals surface area contributed by atoms with Gasteiger partial charge in [0.15, 0.2) is 0 Å². The Morgan fingerprint density at radius 2 is 2.13 bits per heavy atom. The summed E-state index contributed by atoms with van der Waals surface area (Å²) >= 11 is 0. The Kier molecular flexibility index (Phi) is 4.42. The zero-order valence-corrected chi connectivity index (χ0v) is 12.9. The van der Waals surface area contributed by atoms with Crippen molar-refractivity contribution in [2.75, 3.05) is 19.8 Å².